The van der Waals surface area contributed by atoms with Crippen molar-refractivity contribution in [3.05, 3.63) is 42.5 Å². The van der Waals surface area contributed by atoms with E-state index in [1.54, 1.807) is 0 Å². The van der Waals surface area contributed by atoms with E-state index in [0.717, 1.165) is 24.9 Å². The van der Waals surface area contributed by atoms with Gasteiger partial charge in [-0.05, 0) is 35.8 Å². The van der Waals surface area contributed by atoms with Crippen LogP contribution >= 0.6 is 0 Å². The van der Waals surface area contributed by atoms with Gasteiger partial charge in [-0.1, -0.05) is 43.3 Å². The Balaban J connectivity index is 1.61. The maximum atomic E-state index is 6.27. The average molecular weight is 256 g/mol. The Hall–Kier alpha value is -1.12. The standard InChI is InChI=1S/C17H24N2/c1-13(14-6-3-2-4-7-14)10-19-11-15-8-5-9-17(18)16(15)12-19/h2-4,6-7,15-17H,1,5,8-12,18H2. The van der Waals surface area contributed by atoms with Gasteiger partial charge in [0.1, 0.15) is 0 Å². The van der Waals surface area contributed by atoms with Crippen LogP contribution in [0.3, 0.4) is 0 Å². The molecule has 0 radical (unpaired) electrons. The first-order valence-electron chi connectivity index (χ1n) is 7.45. The molecule has 0 spiro atoms. The van der Waals surface area contributed by atoms with Gasteiger partial charge in [0.2, 0.25) is 0 Å². The van der Waals surface area contributed by atoms with Crippen molar-refractivity contribution in [3.8, 4) is 0 Å². The molecule has 3 atom stereocenters. The zero-order chi connectivity index (χ0) is 13.2. The first-order chi connectivity index (χ1) is 9.24. The van der Waals surface area contributed by atoms with Crippen molar-refractivity contribution < 1.29 is 0 Å². The number of nitrogens with two attached hydrogens (primary N) is 1. The maximum absolute atomic E-state index is 6.27. The van der Waals surface area contributed by atoms with E-state index in [-0.39, 0.29) is 0 Å². The molecule has 1 aliphatic carbocycles. The molecule has 3 unspecified atom stereocenters. The summed E-state index contributed by atoms with van der Waals surface area (Å²) in [6.45, 7) is 7.62. The third-order valence-electron chi connectivity index (χ3n) is 4.83. The molecule has 19 heavy (non-hydrogen) atoms. The molecule has 0 aromatic heterocycles. The predicted octanol–water partition coefficient (Wildman–Crippen LogP) is 2.76. The molecule has 1 aliphatic heterocycles. The van der Waals surface area contributed by atoms with E-state index < -0.39 is 0 Å². The highest BCUT2D eigenvalue weighted by atomic mass is 15.2. The third kappa shape index (κ3) is 2.75. The molecule has 1 heterocycles. The number of benzene rings is 1. The molecule has 1 saturated carbocycles. The molecule has 102 valence electrons. The van der Waals surface area contributed by atoms with E-state index in [0.29, 0.717) is 6.04 Å². The Kier molecular flexibility index (Phi) is 3.72. The fourth-order valence-corrected chi connectivity index (χ4v) is 3.77. The van der Waals surface area contributed by atoms with Crippen molar-refractivity contribution in [1.29, 1.82) is 0 Å². The fourth-order valence-electron chi connectivity index (χ4n) is 3.77. The Bertz CT molecular complexity index is 440. The highest BCUT2D eigenvalue weighted by Gasteiger charge is 2.38. The summed E-state index contributed by atoms with van der Waals surface area (Å²) in [6.07, 6.45) is 3.90. The number of hydrogen-bond acceptors (Lipinski definition) is 2. The van der Waals surface area contributed by atoms with E-state index in [2.05, 4.69) is 41.8 Å². The summed E-state index contributed by atoms with van der Waals surface area (Å²) in [5, 5.41) is 0. The van der Waals surface area contributed by atoms with E-state index in [4.69, 9.17) is 5.73 Å². The summed E-state index contributed by atoms with van der Waals surface area (Å²) in [6, 6.07) is 10.9. The highest BCUT2D eigenvalue weighted by Crippen LogP contribution is 2.36. The minimum atomic E-state index is 0.425. The summed E-state index contributed by atoms with van der Waals surface area (Å²) in [5.74, 6) is 1.55. The second-order valence-corrected chi connectivity index (χ2v) is 6.18. The van der Waals surface area contributed by atoms with Gasteiger partial charge in [0, 0.05) is 25.7 Å². The lowest BCUT2D eigenvalue weighted by molar-refractivity contribution is 0.259. The molecular formula is C17H24N2. The van der Waals surface area contributed by atoms with Crippen LogP contribution in [0.25, 0.3) is 5.57 Å². The lowest BCUT2D eigenvalue weighted by atomic mass is 9.78. The van der Waals surface area contributed by atoms with Crippen LogP contribution in [-0.4, -0.2) is 30.6 Å². The van der Waals surface area contributed by atoms with Crippen LogP contribution < -0.4 is 5.73 Å². The lowest BCUT2D eigenvalue weighted by Crippen LogP contribution is -2.38. The Morgan fingerprint density at radius 1 is 1.21 bits per heavy atom. The van der Waals surface area contributed by atoms with Crippen LogP contribution in [0.5, 0.6) is 0 Å². The van der Waals surface area contributed by atoms with Gasteiger partial charge in [0.05, 0.1) is 0 Å². The first-order valence-corrected chi connectivity index (χ1v) is 7.45. The summed E-state index contributed by atoms with van der Waals surface area (Å²) in [7, 11) is 0. The average Bonchev–Trinajstić information content (AvgIpc) is 2.84. The molecule has 2 nitrogen and oxygen atoms in total. The van der Waals surface area contributed by atoms with E-state index >= 15 is 0 Å². The third-order valence-corrected chi connectivity index (χ3v) is 4.83. The Morgan fingerprint density at radius 3 is 2.74 bits per heavy atom. The molecule has 2 fully saturated rings. The van der Waals surface area contributed by atoms with Gasteiger partial charge in [0.25, 0.3) is 0 Å². The van der Waals surface area contributed by atoms with Gasteiger partial charge in [0.15, 0.2) is 0 Å². The van der Waals surface area contributed by atoms with E-state index in [9.17, 15) is 0 Å². The van der Waals surface area contributed by atoms with E-state index in [1.165, 1.54) is 36.9 Å². The van der Waals surface area contributed by atoms with Crippen molar-refractivity contribution in [2.45, 2.75) is 25.3 Å². The topological polar surface area (TPSA) is 29.3 Å². The molecule has 2 heteroatoms. The maximum Gasteiger partial charge on any atom is 0.0234 e. The predicted molar refractivity (Wildman–Crippen MR) is 80.7 cm³/mol. The van der Waals surface area contributed by atoms with Crippen molar-refractivity contribution in [3.63, 3.8) is 0 Å². The van der Waals surface area contributed by atoms with Crippen molar-refractivity contribution in [2.75, 3.05) is 19.6 Å². The van der Waals surface area contributed by atoms with Crippen LogP contribution in [0.2, 0.25) is 0 Å². The lowest BCUT2D eigenvalue weighted by Gasteiger charge is -2.29. The molecule has 1 aromatic carbocycles. The summed E-state index contributed by atoms with van der Waals surface area (Å²) in [5.41, 5.74) is 8.77. The van der Waals surface area contributed by atoms with Crippen molar-refractivity contribution in [2.24, 2.45) is 17.6 Å². The van der Waals surface area contributed by atoms with Crippen LogP contribution in [0, 0.1) is 11.8 Å². The Labute approximate surface area is 116 Å². The fraction of sp³-hybridized carbons (Fsp3) is 0.529. The highest BCUT2D eigenvalue weighted by molar-refractivity contribution is 5.64. The van der Waals surface area contributed by atoms with Gasteiger partial charge in [-0.3, -0.25) is 4.90 Å². The number of fused-ring (bicyclic) bond motifs is 1. The molecular weight excluding hydrogens is 232 g/mol. The van der Waals surface area contributed by atoms with Gasteiger partial charge in [-0.25, -0.2) is 0 Å². The summed E-state index contributed by atoms with van der Waals surface area (Å²) in [4.78, 5) is 2.55. The SMILES string of the molecule is C=C(CN1CC2CCCC(N)C2C1)c1ccccc1. The number of hydrogen-bond donors (Lipinski definition) is 1. The van der Waals surface area contributed by atoms with Gasteiger partial charge < -0.3 is 5.73 Å². The van der Waals surface area contributed by atoms with Gasteiger partial charge >= 0.3 is 0 Å². The summed E-state index contributed by atoms with van der Waals surface area (Å²) < 4.78 is 0. The molecule has 2 N–H and O–H groups in total. The minimum Gasteiger partial charge on any atom is -0.327 e. The zero-order valence-electron chi connectivity index (χ0n) is 11.6. The number of nitrogens with zero attached hydrogens (tertiary/aromatic N) is 1. The zero-order valence-corrected chi connectivity index (χ0v) is 11.6. The number of likely N-dealkylation sites (tertiary alicyclic amines) is 1. The normalized spacial score (nSPS) is 31.1. The molecule has 0 amide bonds. The molecule has 0 bridgehead atoms. The van der Waals surface area contributed by atoms with Crippen molar-refractivity contribution in [1.82, 2.24) is 4.90 Å². The molecule has 1 aromatic rings. The molecule has 3 rings (SSSR count). The number of rotatable bonds is 3. The van der Waals surface area contributed by atoms with Crippen LogP contribution in [0.1, 0.15) is 24.8 Å². The monoisotopic (exact) mass is 256 g/mol. The second-order valence-electron chi connectivity index (χ2n) is 6.18. The van der Waals surface area contributed by atoms with Crippen LogP contribution in [0.15, 0.2) is 36.9 Å². The quantitative estimate of drug-likeness (QED) is 0.901. The first kappa shape index (κ1) is 12.9. The Morgan fingerprint density at radius 2 is 2.00 bits per heavy atom. The molecule has 1 saturated heterocycles. The van der Waals surface area contributed by atoms with Crippen LogP contribution in [0.4, 0.5) is 0 Å². The second kappa shape index (κ2) is 5.48. The van der Waals surface area contributed by atoms with E-state index in [1.807, 2.05) is 0 Å². The van der Waals surface area contributed by atoms with Crippen molar-refractivity contribution >= 4 is 5.57 Å². The smallest absolute Gasteiger partial charge is 0.0234 e. The summed E-state index contributed by atoms with van der Waals surface area (Å²) >= 11 is 0. The van der Waals surface area contributed by atoms with Crippen LogP contribution in [-0.2, 0) is 0 Å². The van der Waals surface area contributed by atoms with Gasteiger partial charge in [-0.2, -0.15) is 0 Å². The largest absolute Gasteiger partial charge is 0.327 e. The van der Waals surface area contributed by atoms with Gasteiger partial charge in [-0.15, -0.1) is 0 Å². The minimum absolute atomic E-state index is 0.425. The molecule has 2 aliphatic rings.